The van der Waals surface area contributed by atoms with Crippen molar-refractivity contribution in [2.45, 2.75) is 31.2 Å². The Kier molecular flexibility index (Phi) is 6.42. The van der Waals surface area contributed by atoms with Gasteiger partial charge in [0.15, 0.2) is 21.3 Å². The average molecular weight is 421 g/mol. The number of fused-ring (bicyclic) bond motifs is 1. The number of benzene rings is 2. The lowest BCUT2D eigenvalue weighted by molar-refractivity contribution is -0.121. The van der Waals surface area contributed by atoms with Gasteiger partial charge in [0.1, 0.15) is 19.0 Å². The highest BCUT2D eigenvalue weighted by molar-refractivity contribution is 7.91. The summed E-state index contributed by atoms with van der Waals surface area (Å²) < 4.78 is 49.2. The molecule has 29 heavy (non-hydrogen) atoms. The Hall–Kier alpha value is -2.61. The molecule has 1 heterocycles. The summed E-state index contributed by atoms with van der Waals surface area (Å²) in [5.74, 6) is -0.113. The Morgan fingerprint density at radius 1 is 1.07 bits per heavy atom. The fourth-order valence-corrected chi connectivity index (χ4v) is 4.36. The Morgan fingerprint density at radius 2 is 1.72 bits per heavy atom. The lowest BCUT2D eigenvalue weighted by Gasteiger charge is -2.23. The molecule has 0 spiro atoms. The van der Waals surface area contributed by atoms with Crippen LogP contribution in [0.3, 0.4) is 0 Å². The van der Waals surface area contributed by atoms with E-state index < -0.39 is 9.84 Å². The van der Waals surface area contributed by atoms with E-state index in [0.29, 0.717) is 24.7 Å². The van der Waals surface area contributed by atoms with Gasteiger partial charge in [0.25, 0.3) is 0 Å². The van der Waals surface area contributed by atoms with Gasteiger partial charge in [-0.1, -0.05) is 26.0 Å². The number of sulfone groups is 1. The molecule has 0 fully saturated rings. The first-order valence-corrected chi connectivity index (χ1v) is 11.1. The Balaban J connectivity index is 1.65. The number of nitrogens with one attached hydrogen (secondary N) is 1. The van der Waals surface area contributed by atoms with Crippen molar-refractivity contribution in [1.29, 1.82) is 0 Å². The molecule has 1 aliphatic rings. The van der Waals surface area contributed by atoms with Crippen LogP contribution in [0.15, 0.2) is 47.4 Å². The summed E-state index contributed by atoms with van der Waals surface area (Å²) in [5, 5.41) is 2.86. The molecule has 0 aromatic heterocycles. The zero-order chi connectivity index (χ0) is 21.0. The highest BCUT2D eigenvalue weighted by atomic mass is 32.2. The first-order valence-electron chi connectivity index (χ1n) is 9.43. The van der Waals surface area contributed by atoms with Gasteiger partial charge in [-0.05, 0) is 35.7 Å². The van der Waals surface area contributed by atoms with Crippen LogP contribution >= 0.6 is 0 Å². The number of hydrogen-bond acceptors (Lipinski definition) is 5. The molecule has 3 rings (SSSR count). The van der Waals surface area contributed by atoms with Crippen LogP contribution in [-0.4, -0.2) is 33.3 Å². The molecule has 1 N–H and O–H groups in total. The zero-order valence-electron chi connectivity index (χ0n) is 16.4. The van der Waals surface area contributed by atoms with E-state index >= 15 is 0 Å². The molecule has 0 radical (unpaired) electrons. The number of carbonyl (C=O) groups is 1. The summed E-state index contributed by atoms with van der Waals surface area (Å²) in [5.41, 5.74) is 0.768. The van der Waals surface area contributed by atoms with Crippen molar-refractivity contribution >= 4 is 15.7 Å². The maximum absolute atomic E-state index is 13.2. The Bertz CT molecular complexity index is 973. The van der Waals surface area contributed by atoms with Crippen LogP contribution in [0.4, 0.5) is 4.39 Å². The van der Waals surface area contributed by atoms with Crippen molar-refractivity contribution < 1.29 is 27.1 Å². The fourth-order valence-electron chi connectivity index (χ4n) is 3.11. The molecule has 0 saturated heterocycles. The van der Waals surface area contributed by atoms with E-state index in [1.165, 1.54) is 24.3 Å². The number of rotatable bonds is 7. The monoisotopic (exact) mass is 421 g/mol. The maximum Gasteiger partial charge on any atom is 0.221 e. The van der Waals surface area contributed by atoms with Crippen molar-refractivity contribution in [1.82, 2.24) is 5.32 Å². The van der Waals surface area contributed by atoms with E-state index in [-0.39, 0.29) is 40.8 Å². The fraction of sp³-hybridized carbons (Fsp3) is 0.381. The van der Waals surface area contributed by atoms with Crippen LogP contribution in [0.25, 0.3) is 0 Å². The minimum atomic E-state index is -3.66. The minimum absolute atomic E-state index is 0.0545. The number of ether oxygens (including phenoxy) is 2. The highest BCUT2D eigenvalue weighted by Gasteiger charge is 2.23. The molecule has 2 aromatic carbocycles. The van der Waals surface area contributed by atoms with Crippen LogP contribution in [0.2, 0.25) is 0 Å². The van der Waals surface area contributed by atoms with Gasteiger partial charge in [-0.25, -0.2) is 12.8 Å². The predicted molar refractivity (Wildman–Crippen MR) is 106 cm³/mol. The lowest BCUT2D eigenvalue weighted by Crippen LogP contribution is -2.32. The van der Waals surface area contributed by atoms with E-state index in [0.717, 1.165) is 5.56 Å². The van der Waals surface area contributed by atoms with Gasteiger partial charge in [-0.15, -0.1) is 0 Å². The van der Waals surface area contributed by atoms with E-state index in [1.807, 2.05) is 13.8 Å². The second-order valence-electron chi connectivity index (χ2n) is 7.22. The van der Waals surface area contributed by atoms with E-state index in [1.54, 1.807) is 18.2 Å². The van der Waals surface area contributed by atoms with Gasteiger partial charge in [-0.3, -0.25) is 4.79 Å². The van der Waals surface area contributed by atoms with Crippen molar-refractivity contribution in [3.05, 3.63) is 53.8 Å². The van der Waals surface area contributed by atoms with Crippen molar-refractivity contribution in [2.75, 3.05) is 19.0 Å². The summed E-state index contributed by atoms with van der Waals surface area (Å²) >= 11 is 0. The maximum atomic E-state index is 13.2. The van der Waals surface area contributed by atoms with Crippen LogP contribution in [0.1, 0.15) is 31.9 Å². The first kappa shape index (κ1) is 21.1. The molecule has 2 aromatic rings. The number of amides is 1. The van der Waals surface area contributed by atoms with Gasteiger partial charge >= 0.3 is 0 Å². The summed E-state index contributed by atoms with van der Waals surface area (Å²) in [7, 11) is -3.66. The highest BCUT2D eigenvalue weighted by Crippen LogP contribution is 2.32. The number of hydrogen-bond donors (Lipinski definition) is 1. The summed E-state index contributed by atoms with van der Waals surface area (Å²) in [6, 6.07) is 10.0. The lowest BCUT2D eigenvalue weighted by atomic mass is 9.96. The number of halogens is 1. The van der Waals surface area contributed by atoms with E-state index in [2.05, 4.69) is 5.32 Å². The summed E-state index contributed by atoms with van der Waals surface area (Å²) in [6.45, 7) is 4.64. The van der Waals surface area contributed by atoms with Crippen molar-refractivity contribution in [3.63, 3.8) is 0 Å². The van der Waals surface area contributed by atoms with Crippen LogP contribution in [-0.2, 0) is 14.6 Å². The summed E-state index contributed by atoms with van der Waals surface area (Å²) in [4.78, 5) is 12.5. The molecule has 0 unspecified atom stereocenters. The SMILES string of the molecule is CC(C)[C@H](NC(=O)CCS(=O)(=O)c1ccc2c(c1)OCCO2)c1ccc(F)cc1. The molecular formula is C21H24FNO5S. The molecular weight excluding hydrogens is 397 g/mol. The zero-order valence-corrected chi connectivity index (χ0v) is 17.2. The predicted octanol–water partition coefficient (Wildman–Crippen LogP) is 3.27. The second kappa shape index (κ2) is 8.82. The van der Waals surface area contributed by atoms with Crippen LogP contribution in [0, 0.1) is 11.7 Å². The molecule has 1 amide bonds. The van der Waals surface area contributed by atoms with Gasteiger partial charge < -0.3 is 14.8 Å². The third-order valence-corrected chi connectivity index (χ3v) is 6.40. The normalized spacial score (nSPS) is 14.5. The minimum Gasteiger partial charge on any atom is -0.486 e. The molecule has 1 aliphatic heterocycles. The van der Waals surface area contributed by atoms with Crippen LogP contribution in [0.5, 0.6) is 11.5 Å². The third kappa shape index (κ3) is 5.26. The smallest absolute Gasteiger partial charge is 0.221 e. The first-order chi connectivity index (χ1) is 13.8. The van der Waals surface area contributed by atoms with Gasteiger partial charge in [0, 0.05) is 12.5 Å². The Morgan fingerprint density at radius 3 is 2.38 bits per heavy atom. The average Bonchev–Trinajstić information content (AvgIpc) is 2.71. The largest absolute Gasteiger partial charge is 0.486 e. The Labute approximate surface area is 169 Å². The van der Waals surface area contributed by atoms with Crippen LogP contribution < -0.4 is 14.8 Å². The van der Waals surface area contributed by atoms with Gasteiger partial charge in [-0.2, -0.15) is 0 Å². The topological polar surface area (TPSA) is 81.7 Å². The molecule has 6 nitrogen and oxygen atoms in total. The molecule has 0 aliphatic carbocycles. The molecule has 1 atom stereocenters. The van der Waals surface area contributed by atoms with Gasteiger partial charge in [0.2, 0.25) is 5.91 Å². The number of carbonyl (C=O) groups excluding carboxylic acids is 1. The molecule has 156 valence electrons. The van der Waals surface area contributed by atoms with Crippen molar-refractivity contribution in [2.24, 2.45) is 5.92 Å². The quantitative estimate of drug-likeness (QED) is 0.742. The molecule has 0 bridgehead atoms. The standard InChI is InChI=1S/C21H24FNO5S/c1-14(2)21(15-3-5-16(22)6-4-15)23-20(24)9-12-29(25,26)17-7-8-18-19(13-17)28-11-10-27-18/h3-8,13-14,21H,9-12H2,1-2H3,(H,23,24)/t21-/m0/s1. The third-order valence-electron chi connectivity index (χ3n) is 4.68. The molecule has 8 heteroatoms. The molecule has 0 saturated carbocycles. The van der Waals surface area contributed by atoms with Gasteiger partial charge in [0.05, 0.1) is 16.7 Å². The second-order valence-corrected chi connectivity index (χ2v) is 9.32. The van der Waals surface area contributed by atoms with E-state index in [9.17, 15) is 17.6 Å². The van der Waals surface area contributed by atoms with E-state index in [4.69, 9.17) is 9.47 Å². The van der Waals surface area contributed by atoms with Crippen molar-refractivity contribution in [3.8, 4) is 11.5 Å². The summed E-state index contributed by atoms with van der Waals surface area (Å²) in [6.07, 6.45) is -0.179.